The maximum atomic E-state index is 2.46. The molecule has 2 aromatic carbocycles. The van der Waals surface area contributed by atoms with Crippen LogP contribution in [-0.2, 0) is 6.42 Å². The third-order valence-electron chi connectivity index (χ3n) is 4.20. The second kappa shape index (κ2) is 9.39. The minimum absolute atomic E-state index is 0.730. The van der Waals surface area contributed by atoms with E-state index in [1.165, 1.54) is 49.7 Å². The normalized spacial score (nSPS) is 12.2. The van der Waals surface area contributed by atoms with Gasteiger partial charge >= 0.3 is 0 Å². The predicted molar refractivity (Wildman–Crippen MR) is 92.4 cm³/mol. The van der Waals surface area contributed by atoms with Gasteiger partial charge < -0.3 is 0 Å². The highest BCUT2D eigenvalue weighted by molar-refractivity contribution is 5.19. The lowest BCUT2D eigenvalue weighted by atomic mass is 9.91. The van der Waals surface area contributed by atoms with Crippen molar-refractivity contribution in [1.29, 1.82) is 0 Å². The summed E-state index contributed by atoms with van der Waals surface area (Å²) < 4.78 is 0. The molecule has 0 saturated heterocycles. The molecule has 1 atom stereocenters. The number of rotatable bonds is 9. The smallest absolute Gasteiger partial charge is 0.0165 e. The fourth-order valence-corrected chi connectivity index (χ4v) is 2.90. The molecule has 0 aliphatic heterocycles. The standard InChI is InChI=1S/C21H27/c1-2-20(21-17-11-6-12-18-21)16-10-4-3-7-13-19-14-8-5-9-15-19/h3,5-6,8-9,11-12,14-15,17-18,20H,2,4,7,10,13,16H2,1H3. The van der Waals surface area contributed by atoms with Crippen molar-refractivity contribution >= 4 is 0 Å². The topological polar surface area (TPSA) is 0 Å². The van der Waals surface area contributed by atoms with Gasteiger partial charge in [-0.15, -0.1) is 0 Å². The van der Waals surface area contributed by atoms with Crippen molar-refractivity contribution in [2.24, 2.45) is 0 Å². The molecule has 0 nitrogen and oxygen atoms in total. The second-order valence-corrected chi connectivity index (χ2v) is 5.76. The Bertz CT molecular complexity index is 472. The van der Waals surface area contributed by atoms with Gasteiger partial charge in [-0.3, -0.25) is 0 Å². The number of hydrogen-bond acceptors (Lipinski definition) is 0. The molecule has 0 aliphatic carbocycles. The third kappa shape index (κ3) is 5.75. The molecule has 0 heterocycles. The number of benzene rings is 2. The van der Waals surface area contributed by atoms with E-state index in [4.69, 9.17) is 0 Å². The first-order valence-electron chi connectivity index (χ1n) is 8.30. The molecule has 2 rings (SSSR count). The minimum atomic E-state index is 0.730. The maximum Gasteiger partial charge on any atom is -0.0165 e. The quantitative estimate of drug-likeness (QED) is 0.480. The fraction of sp³-hybridized carbons (Fsp3) is 0.381. The van der Waals surface area contributed by atoms with Crippen LogP contribution in [0.4, 0.5) is 0 Å². The van der Waals surface area contributed by atoms with Crippen LogP contribution in [-0.4, -0.2) is 0 Å². The van der Waals surface area contributed by atoms with E-state index >= 15 is 0 Å². The number of hydrogen-bond donors (Lipinski definition) is 0. The monoisotopic (exact) mass is 279 g/mol. The van der Waals surface area contributed by atoms with Gasteiger partial charge in [-0.25, -0.2) is 0 Å². The van der Waals surface area contributed by atoms with Crippen molar-refractivity contribution in [3.8, 4) is 0 Å². The van der Waals surface area contributed by atoms with Crippen LogP contribution in [0.1, 0.15) is 56.1 Å². The Kier molecular flexibility index (Phi) is 7.07. The highest BCUT2D eigenvalue weighted by atomic mass is 14.1. The molecule has 2 aromatic rings. The molecule has 0 aliphatic rings. The molecule has 0 N–H and O–H groups in total. The van der Waals surface area contributed by atoms with E-state index in [-0.39, 0.29) is 0 Å². The molecular weight excluding hydrogens is 252 g/mol. The summed E-state index contributed by atoms with van der Waals surface area (Å²) in [5.41, 5.74) is 2.95. The van der Waals surface area contributed by atoms with Crippen molar-refractivity contribution in [2.75, 3.05) is 0 Å². The molecule has 111 valence electrons. The molecule has 0 aromatic heterocycles. The highest BCUT2D eigenvalue weighted by Gasteiger charge is 2.08. The van der Waals surface area contributed by atoms with Crippen molar-refractivity contribution in [3.05, 3.63) is 78.2 Å². The molecule has 21 heavy (non-hydrogen) atoms. The predicted octanol–water partition coefficient (Wildman–Crippen LogP) is 6.19. The van der Waals surface area contributed by atoms with Gasteiger partial charge in [0.1, 0.15) is 0 Å². The van der Waals surface area contributed by atoms with Crippen molar-refractivity contribution in [2.45, 2.75) is 51.4 Å². The van der Waals surface area contributed by atoms with E-state index in [1.54, 1.807) is 0 Å². The van der Waals surface area contributed by atoms with Crippen LogP contribution in [0, 0.1) is 6.42 Å². The summed E-state index contributed by atoms with van der Waals surface area (Å²) in [4.78, 5) is 0. The Morgan fingerprint density at radius 3 is 2.19 bits per heavy atom. The lowest BCUT2D eigenvalue weighted by Gasteiger charge is -2.15. The largest absolute Gasteiger partial charge is 0.0648 e. The van der Waals surface area contributed by atoms with Crippen LogP contribution in [0.25, 0.3) is 0 Å². The van der Waals surface area contributed by atoms with Gasteiger partial charge in [-0.2, -0.15) is 0 Å². The van der Waals surface area contributed by atoms with Gasteiger partial charge in [-0.1, -0.05) is 80.4 Å². The van der Waals surface area contributed by atoms with Crippen LogP contribution < -0.4 is 0 Å². The van der Waals surface area contributed by atoms with Gasteiger partial charge in [0.05, 0.1) is 0 Å². The Balaban J connectivity index is 1.61. The van der Waals surface area contributed by atoms with Gasteiger partial charge in [0.15, 0.2) is 0 Å². The summed E-state index contributed by atoms with van der Waals surface area (Å²) in [6, 6.07) is 21.7. The Labute approximate surface area is 130 Å². The summed E-state index contributed by atoms with van der Waals surface area (Å²) in [6.07, 6.45) is 9.95. The van der Waals surface area contributed by atoms with Gasteiger partial charge in [-0.05, 0) is 49.1 Å². The molecule has 0 spiro atoms. The molecule has 0 saturated carbocycles. The SMILES string of the molecule is CCC(CCC[CH]CCc1ccccc1)c1ccccc1. The first kappa shape index (κ1) is 15.8. The van der Waals surface area contributed by atoms with E-state index in [0.717, 1.165) is 5.92 Å². The average molecular weight is 279 g/mol. The van der Waals surface area contributed by atoms with E-state index < -0.39 is 0 Å². The maximum absolute atomic E-state index is 2.46. The fourth-order valence-electron chi connectivity index (χ4n) is 2.90. The molecule has 0 amide bonds. The number of aryl methyl sites for hydroxylation is 1. The molecule has 0 bridgehead atoms. The van der Waals surface area contributed by atoms with Crippen LogP contribution in [0.15, 0.2) is 60.7 Å². The highest BCUT2D eigenvalue weighted by Crippen LogP contribution is 2.25. The van der Waals surface area contributed by atoms with Crippen LogP contribution in [0.5, 0.6) is 0 Å². The Hall–Kier alpha value is -1.56. The Morgan fingerprint density at radius 2 is 1.52 bits per heavy atom. The number of unbranched alkanes of at least 4 members (excludes halogenated alkanes) is 3. The summed E-state index contributed by atoms with van der Waals surface area (Å²) in [7, 11) is 0. The lowest BCUT2D eigenvalue weighted by Crippen LogP contribution is -1.97. The first-order valence-corrected chi connectivity index (χ1v) is 8.30. The molecule has 0 fully saturated rings. The van der Waals surface area contributed by atoms with E-state index in [0.29, 0.717) is 0 Å². The molecular formula is C21H27. The summed E-state index contributed by atoms with van der Waals surface area (Å²) in [5.74, 6) is 0.730. The zero-order valence-corrected chi connectivity index (χ0v) is 13.2. The summed E-state index contributed by atoms with van der Waals surface area (Å²) in [5, 5.41) is 0. The molecule has 1 radical (unpaired) electrons. The zero-order chi connectivity index (χ0) is 14.8. The summed E-state index contributed by atoms with van der Waals surface area (Å²) in [6.45, 7) is 2.30. The van der Waals surface area contributed by atoms with E-state index in [1.807, 2.05) is 0 Å². The average Bonchev–Trinajstić information content (AvgIpc) is 2.56. The zero-order valence-electron chi connectivity index (χ0n) is 13.2. The lowest BCUT2D eigenvalue weighted by molar-refractivity contribution is 0.569. The molecule has 0 heteroatoms. The third-order valence-corrected chi connectivity index (χ3v) is 4.20. The first-order chi connectivity index (χ1) is 10.4. The summed E-state index contributed by atoms with van der Waals surface area (Å²) >= 11 is 0. The van der Waals surface area contributed by atoms with Gasteiger partial charge in [0, 0.05) is 0 Å². The van der Waals surface area contributed by atoms with Crippen molar-refractivity contribution in [3.63, 3.8) is 0 Å². The van der Waals surface area contributed by atoms with E-state index in [9.17, 15) is 0 Å². The van der Waals surface area contributed by atoms with Gasteiger partial charge in [0.2, 0.25) is 0 Å². The van der Waals surface area contributed by atoms with Crippen LogP contribution in [0.3, 0.4) is 0 Å². The van der Waals surface area contributed by atoms with Crippen molar-refractivity contribution < 1.29 is 0 Å². The van der Waals surface area contributed by atoms with E-state index in [2.05, 4.69) is 74.0 Å². The Morgan fingerprint density at radius 1 is 0.857 bits per heavy atom. The molecule has 1 unspecified atom stereocenters. The minimum Gasteiger partial charge on any atom is -0.0648 e. The van der Waals surface area contributed by atoms with Gasteiger partial charge in [0.25, 0.3) is 0 Å². The van der Waals surface area contributed by atoms with Crippen LogP contribution in [0.2, 0.25) is 0 Å². The second-order valence-electron chi connectivity index (χ2n) is 5.76. The van der Waals surface area contributed by atoms with Crippen LogP contribution >= 0.6 is 0 Å². The van der Waals surface area contributed by atoms with Crippen molar-refractivity contribution in [1.82, 2.24) is 0 Å².